The van der Waals surface area contributed by atoms with Gasteiger partial charge in [-0.05, 0) is 38.1 Å². The zero-order chi connectivity index (χ0) is 11.5. The highest BCUT2D eigenvalue weighted by atomic mass is 35.5. The topological polar surface area (TPSA) is 19.4 Å². The van der Waals surface area contributed by atoms with E-state index in [9.17, 15) is 0 Å². The molecule has 1 atom stereocenters. The Hall–Kier alpha value is -0.800. The molecule has 0 bridgehead atoms. The average molecular weight is 240 g/mol. The van der Waals surface area contributed by atoms with Crippen molar-refractivity contribution in [3.05, 3.63) is 23.4 Å². The Morgan fingerprint density at radius 2 is 2.38 bits per heavy atom. The Labute approximate surface area is 102 Å². The van der Waals surface area contributed by atoms with E-state index in [0.29, 0.717) is 5.15 Å². The van der Waals surface area contributed by atoms with Crippen LogP contribution in [-0.2, 0) is 0 Å². The zero-order valence-corrected chi connectivity index (χ0v) is 10.6. The van der Waals surface area contributed by atoms with Crippen molar-refractivity contribution in [1.29, 1.82) is 0 Å². The van der Waals surface area contributed by atoms with E-state index >= 15 is 0 Å². The lowest BCUT2D eigenvalue weighted by Gasteiger charge is -2.22. The fraction of sp³-hybridized carbons (Fsp3) is 0.583. The second-order valence-electron chi connectivity index (χ2n) is 4.62. The van der Waals surface area contributed by atoms with E-state index < -0.39 is 0 Å². The van der Waals surface area contributed by atoms with Crippen LogP contribution in [0.5, 0.6) is 0 Å². The van der Waals surface area contributed by atoms with Crippen molar-refractivity contribution in [2.75, 3.05) is 38.6 Å². The zero-order valence-electron chi connectivity index (χ0n) is 9.86. The molecule has 0 aliphatic carbocycles. The smallest absolute Gasteiger partial charge is 0.131 e. The summed E-state index contributed by atoms with van der Waals surface area (Å²) in [4.78, 5) is 8.88. The van der Waals surface area contributed by atoms with Crippen LogP contribution in [0.4, 0.5) is 5.82 Å². The number of nitrogens with zero attached hydrogens (tertiary/aromatic N) is 3. The summed E-state index contributed by atoms with van der Waals surface area (Å²) in [7, 11) is 4.26. The van der Waals surface area contributed by atoms with Crippen LogP contribution >= 0.6 is 11.6 Å². The third kappa shape index (κ3) is 2.86. The molecule has 1 fully saturated rings. The van der Waals surface area contributed by atoms with Gasteiger partial charge in [0.25, 0.3) is 0 Å². The van der Waals surface area contributed by atoms with Crippen molar-refractivity contribution in [2.24, 2.45) is 5.92 Å². The molecule has 1 unspecified atom stereocenters. The quantitative estimate of drug-likeness (QED) is 0.754. The first kappa shape index (κ1) is 11.7. The van der Waals surface area contributed by atoms with Gasteiger partial charge in [-0.25, -0.2) is 4.98 Å². The molecule has 88 valence electrons. The van der Waals surface area contributed by atoms with Crippen LogP contribution in [-0.4, -0.2) is 43.6 Å². The number of rotatable bonds is 3. The van der Waals surface area contributed by atoms with E-state index in [-0.39, 0.29) is 0 Å². The van der Waals surface area contributed by atoms with Crippen LogP contribution in [0.2, 0.25) is 5.15 Å². The Morgan fingerprint density at radius 3 is 3.00 bits per heavy atom. The minimum atomic E-state index is 0.563. The van der Waals surface area contributed by atoms with Crippen LogP contribution in [0, 0.1) is 5.92 Å². The molecule has 1 saturated heterocycles. The van der Waals surface area contributed by atoms with E-state index in [4.69, 9.17) is 11.6 Å². The lowest BCUT2D eigenvalue weighted by atomic mass is 10.1. The fourth-order valence-electron chi connectivity index (χ4n) is 2.27. The lowest BCUT2D eigenvalue weighted by Crippen LogP contribution is -2.27. The summed E-state index contributed by atoms with van der Waals surface area (Å²) in [6.07, 6.45) is 1.28. The first-order chi connectivity index (χ1) is 7.65. The maximum Gasteiger partial charge on any atom is 0.131 e. The van der Waals surface area contributed by atoms with E-state index in [1.807, 2.05) is 18.2 Å². The molecule has 0 amide bonds. The van der Waals surface area contributed by atoms with Gasteiger partial charge < -0.3 is 9.80 Å². The maximum absolute atomic E-state index is 5.88. The van der Waals surface area contributed by atoms with Crippen molar-refractivity contribution in [3.8, 4) is 0 Å². The van der Waals surface area contributed by atoms with Gasteiger partial charge in [0.15, 0.2) is 0 Å². The van der Waals surface area contributed by atoms with Gasteiger partial charge in [-0.3, -0.25) is 0 Å². The summed E-state index contributed by atoms with van der Waals surface area (Å²) in [5.74, 6) is 1.71. The predicted octanol–water partition coefficient (Wildman–Crippen LogP) is 2.12. The van der Waals surface area contributed by atoms with Crippen molar-refractivity contribution in [3.63, 3.8) is 0 Å². The molecule has 16 heavy (non-hydrogen) atoms. The lowest BCUT2D eigenvalue weighted by molar-refractivity contribution is 0.395. The Balaban J connectivity index is 1.95. The molecule has 1 aliphatic heterocycles. The number of pyridine rings is 1. The van der Waals surface area contributed by atoms with Crippen LogP contribution < -0.4 is 4.90 Å². The van der Waals surface area contributed by atoms with E-state index in [1.165, 1.54) is 19.5 Å². The van der Waals surface area contributed by atoms with Gasteiger partial charge in [-0.2, -0.15) is 0 Å². The van der Waals surface area contributed by atoms with Gasteiger partial charge >= 0.3 is 0 Å². The monoisotopic (exact) mass is 239 g/mol. The Morgan fingerprint density at radius 1 is 1.56 bits per heavy atom. The second kappa shape index (κ2) is 5.02. The molecular weight excluding hydrogens is 222 g/mol. The molecular formula is C12H18ClN3. The van der Waals surface area contributed by atoms with Crippen LogP contribution in [0.15, 0.2) is 18.2 Å². The highest BCUT2D eigenvalue weighted by Crippen LogP contribution is 2.19. The van der Waals surface area contributed by atoms with E-state index in [0.717, 1.165) is 18.3 Å². The minimum absolute atomic E-state index is 0.563. The predicted molar refractivity (Wildman–Crippen MR) is 68.1 cm³/mol. The Kier molecular flexibility index (Phi) is 3.66. The first-order valence-electron chi connectivity index (χ1n) is 5.67. The molecule has 1 aromatic rings. The second-order valence-corrected chi connectivity index (χ2v) is 5.00. The molecule has 1 aliphatic rings. The van der Waals surface area contributed by atoms with Gasteiger partial charge in [0.05, 0.1) is 0 Å². The summed E-state index contributed by atoms with van der Waals surface area (Å²) >= 11 is 5.88. The van der Waals surface area contributed by atoms with Gasteiger partial charge in [0.2, 0.25) is 0 Å². The van der Waals surface area contributed by atoms with Crippen LogP contribution in [0.3, 0.4) is 0 Å². The number of likely N-dealkylation sites (tertiary alicyclic amines) is 1. The molecule has 0 saturated carbocycles. The third-order valence-electron chi connectivity index (χ3n) is 3.11. The molecule has 0 radical (unpaired) electrons. The molecule has 0 aromatic carbocycles. The maximum atomic E-state index is 5.88. The molecule has 4 heteroatoms. The molecule has 3 nitrogen and oxygen atoms in total. The highest BCUT2D eigenvalue weighted by molar-refractivity contribution is 6.29. The summed E-state index contributed by atoms with van der Waals surface area (Å²) < 4.78 is 0. The normalized spacial score (nSPS) is 21.3. The average Bonchev–Trinajstić information content (AvgIpc) is 2.64. The van der Waals surface area contributed by atoms with Crippen LogP contribution in [0.25, 0.3) is 0 Å². The molecule has 0 spiro atoms. The largest absolute Gasteiger partial charge is 0.359 e. The molecule has 1 aromatic heterocycles. The molecule has 2 heterocycles. The Bertz CT molecular complexity index is 356. The van der Waals surface area contributed by atoms with Gasteiger partial charge in [-0.1, -0.05) is 17.7 Å². The summed E-state index contributed by atoms with van der Waals surface area (Å²) in [5.41, 5.74) is 0. The van der Waals surface area contributed by atoms with Crippen molar-refractivity contribution < 1.29 is 0 Å². The van der Waals surface area contributed by atoms with Gasteiger partial charge in [0, 0.05) is 20.1 Å². The van der Waals surface area contributed by atoms with Crippen molar-refractivity contribution in [1.82, 2.24) is 9.88 Å². The van der Waals surface area contributed by atoms with Crippen molar-refractivity contribution in [2.45, 2.75) is 6.42 Å². The standard InChI is InChI=1S/C12H18ClN3/c1-15-7-6-10(8-15)9-16(2)12-5-3-4-11(13)14-12/h3-5,10H,6-9H2,1-2H3. The number of anilines is 1. The van der Waals surface area contributed by atoms with E-state index in [2.05, 4.69) is 28.9 Å². The summed E-state index contributed by atoms with van der Waals surface area (Å²) in [5, 5.41) is 0.563. The highest BCUT2D eigenvalue weighted by Gasteiger charge is 2.21. The fourth-order valence-corrected chi connectivity index (χ4v) is 2.43. The summed E-state index contributed by atoms with van der Waals surface area (Å²) in [6, 6.07) is 5.76. The number of hydrogen-bond acceptors (Lipinski definition) is 3. The third-order valence-corrected chi connectivity index (χ3v) is 3.32. The van der Waals surface area contributed by atoms with Gasteiger partial charge in [0.1, 0.15) is 11.0 Å². The SMILES string of the molecule is CN1CCC(CN(C)c2cccc(Cl)n2)C1. The van der Waals surface area contributed by atoms with Crippen LogP contribution in [0.1, 0.15) is 6.42 Å². The van der Waals surface area contributed by atoms with Crippen molar-refractivity contribution >= 4 is 17.4 Å². The number of hydrogen-bond donors (Lipinski definition) is 0. The molecule has 0 N–H and O–H groups in total. The van der Waals surface area contributed by atoms with E-state index in [1.54, 1.807) is 0 Å². The number of halogens is 1. The van der Waals surface area contributed by atoms with Gasteiger partial charge in [-0.15, -0.1) is 0 Å². The first-order valence-corrected chi connectivity index (χ1v) is 6.05. The summed E-state index contributed by atoms with van der Waals surface area (Å²) in [6.45, 7) is 3.45. The number of aromatic nitrogens is 1. The molecule has 2 rings (SSSR count). The minimum Gasteiger partial charge on any atom is -0.359 e.